The van der Waals surface area contributed by atoms with E-state index in [1.54, 1.807) is 0 Å². The topological polar surface area (TPSA) is 101 Å². The van der Waals surface area contributed by atoms with Crippen LogP contribution in [0.3, 0.4) is 0 Å². The highest BCUT2D eigenvalue weighted by molar-refractivity contribution is 7.89. The number of hydrogen-bond donors (Lipinski definition) is 1. The molecular formula is C12H15FN2O5S. The van der Waals surface area contributed by atoms with Crippen molar-refractivity contribution in [3.63, 3.8) is 0 Å². The maximum atomic E-state index is 13.1. The molecule has 0 radical (unpaired) electrons. The summed E-state index contributed by atoms with van der Waals surface area (Å²) in [5.41, 5.74) is -0.794. The summed E-state index contributed by atoms with van der Waals surface area (Å²) >= 11 is 0. The van der Waals surface area contributed by atoms with Gasteiger partial charge in [-0.15, -0.1) is 0 Å². The zero-order valence-corrected chi connectivity index (χ0v) is 11.9. The van der Waals surface area contributed by atoms with Crippen molar-refractivity contribution in [2.45, 2.75) is 30.2 Å². The van der Waals surface area contributed by atoms with Gasteiger partial charge in [-0.25, -0.2) is 12.8 Å². The molecule has 0 unspecified atom stereocenters. The van der Waals surface area contributed by atoms with Crippen LogP contribution in [-0.2, 0) is 10.0 Å². The smallest absolute Gasteiger partial charge is 0.292 e. The Labute approximate surface area is 121 Å². The summed E-state index contributed by atoms with van der Waals surface area (Å²) in [4.78, 5) is 9.49. The number of rotatable bonds is 6. The van der Waals surface area contributed by atoms with Gasteiger partial charge in [-0.05, 0) is 25.0 Å². The van der Waals surface area contributed by atoms with E-state index in [1.807, 2.05) is 0 Å². The fourth-order valence-corrected chi connectivity index (χ4v) is 4.07. The zero-order chi connectivity index (χ0) is 15.6. The molecule has 9 heteroatoms. The van der Waals surface area contributed by atoms with E-state index in [4.69, 9.17) is 5.11 Å². The number of halogens is 1. The molecule has 0 heterocycles. The lowest BCUT2D eigenvalue weighted by atomic mass is 9.93. The molecule has 1 saturated carbocycles. The van der Waals surface area contributed by atoms with E-state index in [-0.39, 0.29) is 19.2 Å². The number of aliphatic hydroxyl groups is 1. The fourth-order valence-electron chi connectivity index (χ4n) is 2.25. The van der Waals surface area contributed by atoms with Crippen LogP contribution in [0, 0.1) is 15.9 Å². The van der Waals surface area contributed by atoms with E-state index in [1.165, 1.54) is 0 Å². The summed E-state index contributed by atoms with van der Waals surface area (Å²) in [5, 5.41) is 20.0. The van der Waals surface area contributed by atoms with E-state index in [0.29, 0.717) is 18.9 Å². The molecule has 1 aromatic rings. The van der Waals surface area contributed by atoms with Crippen molar-refractivity contribution in [1.82, 2.24) is 4.31 Å². The molecule has 0 aromatic heterocycles. The van der Waals surface area contributed by atoms with Gasteiger partial charge in [-0.3, -0.25) is 10.1 Å². The molecule has 1 aromatic carbocycles. The Bertz CT molecular complexity index is 645. The van der Waals surface area contributed by atoms with Crippen LogP contribution >= 0.6 is 0 Å². The first-order valence-electron chi connectivity index (χ1n) is 6.44. The third kappa shape index (κ3) is 3.04. The van der Waals surface area contributed by atoms with Gasteiger partial charge in [0.05, 0.1) is 17.6 Å². The summed E-state index contributed by atoms with van der Waals surface area (Å²) in [5.74, 6) is -0.877. The van der Waals surface area contributed by atoms with Crippen molar-refractivity contribution < 1.29 is 22.8 Å². The Morgan fingerprint density at radius 1 is 1.43 bits per heavy atom. The van der Waals surface area contributed by atoms with Crippen LogP contribution < -0.4 is 0 Å². The number of nitrogens with zero attached hydrogens (tertiary/aromatic N) is 2. The first-order chi connectivity index (χ1) is 9.87. The predicted octanol–water partition coefficient (Wildman–Crippen LogP) is 1.27. The third-order valence-electron chi connectivity index (χ3n) is 3.51. The molecule has 7 nitrogen and oxygen atoms in total. The molecule has 0 aliphatic heterocycles. The molecule has 2 rings (SSSR count). The summed E-state index contributed by atoms with van der Waals surface area (Å²) < 4.78 is 39.4. The van der Waals surface area contributed by atoms with Gasteiger partial charge in [0.1, 0.15) is 5.82 Å². The van der Waals surface area contributed by atoms with Crippen LogP contribution in [0.1, 0.15) is 19.3 Å². The van der Waals surface area contributed by atoms with Crippen LogP contribution in [0.5, 0.6) is 0 Å². The Morgan fingerprint density at radius 3 is 2.57 bits per heavy atom. The summed E-state index contributed by atoms with van der Waals surface area (Å²) in [7, 11) is -4.15. The number of nitro groups is 1. The van der Waals surface area contributed by atoms with Crippen LogP contribution in [0.15, 0.2) is 23.1 Å². The molecule has 116 valence electrons. The molecular weight excluding hydrogens is 303 g/mol. The Hall–Kier alpha value is -1.58. The molecule has 21 heavy (non-hydrogen) atoms. The molecule has 0 saturated heterocycles. The summed E-state index contributed by atoms with van der Waals surface area (Å²) in [6.45, 7) is -0.522. The number of benzene rings is 1. The largest absolute Gasteiger partial charge is 0.395 e. The molecule has 0 amide bonds. The van der Waals surface area contributed by atoms with Gasteiger partial charge < -0.3 is 5.11 Å². The summed E-state index contributed by atoms with van der Waals surface area (Å²) in [6, 6.07) is 2.08. The molecule has 1 fully saturated rings. The van der Waals surface area contributed by atoms with Crippen LogP contribution in [0.4, 0.5) is 10.1 Å². The quantitative estimate of drug-likeness (QED) is 0.629. The Balaban J connectivity index is 2.49. The second kappa shape index (κ2) is 6.04. The van der Waals surface area contributed by atoms with Gasteiger partial charge in [0.15, 0.2) is 4.90 Å². The highest BCUT2D eigenvalue weighted by Gasteiger charge is 2.38. The van der Waals surface area contributed by atoms with E-state index in [9.17, 15) is 22.9 Å². The van der Waals surface area contributed by atoms with Gasteiger partial charge in [0.2, 0.25) is 10.0 Å². The van der Waals surface area contributed by atoms with Gasteiger partial charge in [0, 0.05) is 12.6 Å². The van der Waals surface area contributed by atoms with Gasteiger partial charge in [-0.2, -0.15) is 4.31 Å². The van der Waals surface area contributed by atoms with E-state index >= 15 is 0 Å². The Morgan fingerprint density at radius 2 is 2.10 bits per heavy atom. The Kier molecular flexibility index (Phi) is 4.55. The van der Waals surface area contributed by atoms with E-state index < -0.39 is 31.3 Å². The van der Waals surface area contributed by atoms with Crippen molar-refractivity contribution in [1.29, 1.82) is 0 Å². The average molecular weight is 318 g/mol. The lowest BCUT2D eigenvalue weighted by Crippen LogP contribution is -2.45. The minimum absolute atomic E-state index is 0.137. The van der Waals surface area contributed by atoms with Crippen molar-refractivity contribution in [3.8, 4) is 0 Å². The second-order valence-electron chi connectivity index (χ2n) is 4.79. The number of nitro benzene ring substituents is 1. The lowest BCUT2D eigenvalue weighted by Gasteiger charge is -2.36. The maximum absolute atomic E-state index is 13.1. The van der Waals surface area contributed by atoms with Gasteiger partial charge >= 0.3 is 0 Å². The lowest BCUT2D eigenvalue weighted by molar-refractivity contribution is -0.388. The molecule has 0 bridgehead atoms. The standard InChI is InChI=1S/C12H15FN2O5S/c13-9-4-5-12(11(8-9)15(17)18)21(19,20)14(6-7-16)10-2-1-3-10/h4-5,8,10,16H,1-3,6-7H2. The van der Waals surface area contributed by atoms with Crippen LogP contribution in [0.25, 0.3) is 0 Å². The average Bonchev–Trinajstić information content (AvgIpc) is 2.35. The van der Waals surface area contributed by atoms with Crippen molar-refractivity contribution in [2.75, 3.05) is 13.2 Å². The predicted molar refractivity (Wildman–Crippen MR) is 71.7 cm³/mol. The third-order valence-corrected chi connectivity index (χ3v) is 5.51. The fraction of sp³-hybridized carbons (Fsp3) is 0.500. The monoisotopic (exact) mass is 318 g/mol. The van der Waals surface area contributed by atoms with Crippen LogP contribution in [-0.4, -0.2) is 41.9 Å². The molecule has 1 N–H and O–H groups in total. The van der Waals surface area contributed by atoms with Gasteiger partial charge in [0.25, 0.3) is 5.69 Å². The first-order valence-corrected chi connectivity index (χ1v) is 7.88. The second-order valence-corrected chi connectivity index (χ2v) is 6.65. The molecule has 1 aliphatic carbocycles. The number of aliphatic hydroxyl groups excluding tert-OH is 1. The molecule has 1 aliphatic rings. The van der Waals surface area contributed by atoms with E-state index in [0.717, 1.165) is 22.9 Å². The van der Waals surface area contributed by atoms with Gasteiger partial charge in [-0.1, -0.05) is 6.42 Å². The van der Waals surface area contributed by atoms with Crippen LogP contribution in [0.2, 0.25) is 0 Å². The van der Waals surface area contributed by atoms with E-state index in [2.05, 4.69) is 0 Å². The molecule has 0 atom stereocenters. The highest BCUT2D eigenvalue weighted by Crippen LogP contribution is 2.33. The SMILES string of the molecule is O=[N+]([O-])c1cc(F)ccc1S(=O)(=O)N(CCO)C1CCC1. The molecule has 0 spiro atoms. The number of hydrogen-bond acceptors (Lipinski definition) is 5. The van der Waals surface area contributed by atoms with Crippen molar-refractivity contribution in [3.05, 3.63) is 34.1 Å². The van der Waals surface area contributed by atoms with Crippen molar-refractivity contribution in [2.24, 2.45) is 0 Å². The normalized spacial score (nSPS) is 16.0. The summed E-state index contributed by atoms with van der Waals surface area (Å²) in [6.07, 6.45) is 2.16. The minimum Gasteiger partial charge on any atom is -0.395 e. The highest BCUT2D eigenvalue weighted by atomic mass is 32.2. The van der Waals surface area contributed by atoms with Crippen molar-refractivity contribution >= 4 is 15.7 Å². The minimum atomic E-state index is -4.15. The number of sulfonamides is 1. The first kappa shape index (κ1) is 15.8. The maximum Gasteiger partial charge on any atom is 0.292 e. The zero-order valence-electron chi connectivity index (χ0n) is 11.1.